The van der Waals surface area contributed by atoms with E-state index in [-0.39, 0.29) is 5.65 Å². The van der Waals surface area contributed by atoms with Crippen LogP contribution in [0.4, 0.5) is 14.6 Å². The molecule has 0 atom stereocenters. The van der Waals surface area contributed by atoms with Crippen LogP contribution in [0.15, 0.2) is 47.7 Å². The third-order valence-electron chi connectivity index (χ3n) is 5.90. The molecule has 0 saturated heterocycles. The van der Waals surface area contributed by atoms with Crippen molar-refractivity contribution in [2.24, 2.45) is 0 Å². The fraction of sp³-hybridized carbons (Fsp3) is 0.261. The first-order chi connectivity index (χ1) is 15.4. The van der Waals surface area contributed by atoms with E-state index in [0.29, 0.717) is 24.5 Å². The molecule has 0 N–H and O–H groups in total. The number of halogens is 2. The molecule has 7 nitrogen and oxygen atoms in total. The van der Waals surface area contributed by atoms with Crippen LogP contribution >= 0.6 is 0 Å². The first kappa shape index (κ1) is 20.2. The third kappa shape index (κ3) is 3.39. The highest BCUT2D eigenvalue weighted by Gasteiger charge is 2.24. The minimum atomic E-state index is -2.81. The fourth-order valence-corrected chi connectivity index (χ4v) is 4.05. The molecule has 0 aliphatic carbocycles. The van der Waals surface area contributed by atoms with Crippen LogP contribution in [0.1, 0.15) is 34.5 Å². The molecular formula is C23H20F2N6O. The third-order valence-corrected chi connectivity index (χ3v) is 5.90. The summed E-state index contributed by atoms with van der Waals surface area (Å²) in [7, 11) is 0. The van der Waals surface area contributed by atoms with Crippen LogP contribution in [-0.4, -0.2) is 31.1 Å². The number of alkyl halides is 2. The highest BCUT2D eigenvalue weighted by Crippen LogP contribution is 2.29. The quantitative estimate of drug-likeness (QED) is 0.490. The van der Waals surface area contributed by atoms with Crippen molar-refractivity contribution in [1.82, 2.24) is 24.6 Å². The Bertz CT molecular complexity index is 1390. The maximum absolute atomic E-state index is 13.1. The number of fused-ring (bicyclic) bond motifs is 2. The van der Waals surface area contributed by atoms with Gasteiger partial charge in [-0.05, 0) is 31.5 Å². The number of rotatable bonds is 3. The number of hydrogen-bond acceptors (Lipinski definition) is 6. The van der Waals surface area contributed by atoms with Crippen molar-refractivity contribution in [2.75, 3.05) is 11.4 Å². The van der Waals surface area contributed by atoms with Gasteiger partial charge in [0.15, 0.2) is 11.5 Å². The number of anilines is 1. The molecular weight excluding hydrogens is 414 g/mol. The molecule has 0 fully saturated rings. The molecule has 0 bridgehead atoms. The largest absolute Gasteiger partial charge is 0.350 e. The van der Waals surface area contributed by atoms with Gasteiger partial charge in [0.05, 0.1) is 0 Å². The maximum Gasteiger partial charge on any atom is 0.280 e. The minimum Gasteiger partial charge on any atom is -0.350 e. The molecule has 0 saturated carbocycles. The summed E-state index contributed by atoms with van der Waals surface area (Å²) >= 11 is 0. The highest BCUT2D eigenvalue weighted by molar-refractivity contribution is 5.64. The monoisotopic (exact) mass is 434 g/mol. The summed E-state index contributed by atoms with van der Waals surface area (Å²) in [5.41, 5.74) is 4.55. The summed E-state index contributed by atoms with van der Waals surface area (Å²) in [5, 5.41) is 4.51. The molecule has 0 radical (unpaired) electrons. The van der Waals surface area contributed by atoms with E-state index in [2.05, 4.69) is 31.0 Å². The van der Waals surface area contributed by atoms with Gasteiger partial charge in [-0.2, -0.15) is 4.52 Å². The zero-order valence-corrected chi connectivity index (χ0v) is 17.6. The highest BCUT2D eigenvalue weighted by atomic mass is 19.3. The van der Waals surface area contributed by atoms with Crippen LogP contribution in [0, 0.1) is 13.8 Å². The van der Waals surface area contributed by atoms with Crippen LogP contribution in [0.2, 0.25) is 0 Å². The summed E-state index contributed by atoms with van der Waals surface area (Å²) in [6.45, 7) is 4.91. The Labute approximate surface area is 182 Å². The Morgan fingerprint density at radius 3 is 2.69 bits per heavy atom. The Hall–Kier alpha value is -3.75. The number of aryl methyl sites for hydroxylation is 1. The molecule has 4 aromatic rings. The fourth-order valence-electron chi connectivity index (χ4n) is 4.05. The lowest BCUT2D eigenvalue weighted by Crippen LogP contribution is -2.34. The molecule has 0 spiro atoms. The van der Waals surface area contributed by atoms with Gasteiger partial charge >= 0.3 is 0 Å². The van der Waals surface area contributed by atoms with Crippen LogP contribution in [0.5, 0.6) is 0 Å². The molecule has 0 aromatic carbocycles. The molecule has 5 rings (SSSR count). The van der Waals surface area contributed by atoms with Gasteiger partial charge in [-0.3, -0.25) is 14.8 Å². The van der Waals surface area contributed by atoms with Gasteiger partial charge in [-0.15, -0.1) is 5.10 Å². The van der Waals surface area contributed by atoms with E-state index < -0.39 is 17.7 Å². The zero-order chi connectivity index (χ0) is 22.4. The zero-order valence-electron chi connectivity index (χ0n) is 17.6. The van der Waals surface area contributed by atoms with Crippen molar-refractivity contribution in [3.63, 3.8) is 0 Å². The van der Waals surface area contributed by atoms with Gasteiger partial charge in [0.1, 0.15) is 5.69 Å². The molecule has 0 unspecified atom stereocenters. The summed E-state index contributed by atoms with van der Waals surface area (Å²) in [6.07, 6.45) is 3.32. The van der Waals surface area contributed by atoms with Gasteiger partial charge in [-0.1, -0.05) is 6.07 Å². The van der Waals surface area contributed by atoms with Crippen molar-refractivity contribution in [3.05, 3.63) is 81.3 Å². The summed E-state index contributed by atoms with van der Waals surface area (Å²) in [4.78, 5) is 27.4. The average Bonchev–Trinajstić information content (AvgIpc) is 2.81. The Morgan fingerprint density at radius 2 is 1.94 bits per heavy atom. The van der Waals surface area contributed by atoms with Crippen molar-refractivity contribution < 1.29 is 8.78 Å². The lowest BCUT2D eigenvalue weighted by atomic mass is 10.0. The smallest absolute Gasteiger partial charge is 0.280 e. The predicted molar refractivity (Wildman–Crippen MR) is 116 cm³/mol. The molecule has 5 heterocycles. The molecule has 4 aromatic heterocycles. The molecule has 1 aliphatic rings. The Morgan fingerprint density at radius 1 is 1.09 bits per heavy atom. The van der Waals surface area contributed by atoms with E-state index in [1.165, 1.54) is 0 Å². The van der Waals surface area contributed by atoms with E-state index >= 15 is 0 Å². The van der Waals surface area contributed by atoms with Crippen molar-refractivity contribution in [2.45, 2.75) is 33.2 Å². The number of pyridine rings is 2. The van der Waals surface area contributed by atoms with E-state index in [1.807, 2.05) is 25.3 Å². The van der Waals surface area contributed by atoms with Crippen LogP contribution in [0.3, 0.4) is 0 Å². The average molecular weight is 434 g/mol. The van der Waals surface area contributed by atoms with Crippen LogP contribution in [-0.2, 0) is 13.0 Å². The van der Waals surface area contributed by atoms with E-state index in [0.717, 1.165) is 45.0 Å². The van der Waals surface area contributed by atoms with Crippen LogP contribution in [0.25, 0.3) is 16.8 Å². The summed E-state index contributed by atoms with van der Waals surface area (Å²) in [6, 6.07) is 6.83. The van der Waals surface area contributed by atoms with Crippen molar-refractivity contribution in [1.29, 1.82) is 0 Å². The Kier molecular flexibility index (Phi) is 4.88. The predicted octanol–water partition coefficient (Wildman–Crippen LogP) is 3.66. The summed E-state index contributed by atoms with van der Waals surface area (Å²) in [5.74, 6) is 0.640. The summed E-state index contributed by atoms with van der Waals surface area (Å²) < 4.78 is 27.4. The molecule has 0 amide bonds. The SMILES string of the molecule is Cc1c(N2CCc3ncc(-c4cccnc4)cc3C2)nn2c(=O)cc(C(F)F)nc2c1C. The second-order valence-corrected chi connectivity index (χ2v) is 7.87. The first-order valence-corrected chi connectivity index (χ1v) is 10.2. The standard InChI is InChI=1S/C23H20F2N6O/c1-13-14(2)23(29-31-20(32)9-19(21(24)25)28-22(13)31)30-7-5-18-17(12-30)8-16(11-27-18)15-4-3-6-26-10-15/h3-4,6,8-11,21H,5,7,12H2,1-2H3. The number of aromatic nitrogens is 5. The number of nitrogens with zero attached hydrogens (tertiary/aromatic N) is 6. The molecule has 32 heavy (non-hydrogen) atoms. The van der Waals surface area contributed by atoms with Gasteiger partial charge in [-0.25, -0.2) is 13.8 Å². The van der Waals surface area contributed by atoms with Gasteiger partial charge < -0.3 is 4.90 Å². The van der Waals surface area contributed by atoms with Gasteiger partial charge in [0, 0.05) is 72.1 Å². The molecule has 1 aliphatic heterocycles. The topological polar surface area (TPSA) is 76.3 Å². The van der Waals surface area contributed by atoms with Crippen molar-refractivity contribution >= 4 is 11.5 Å². The second kappa shape index (κ2) is 7.74. The normalized spacial score (nSPS) is 13.6. The lowest BCUT2D eigenvalue weighted by molar-refractivity contribution is 0.146. The second-order valence-electron chi connectivity index (χ2n) is 7.87. The van der Waals surface area contributed by atoms with E-state index in [4.69, 9.17) is 0 Å². The number of hydrogen-bond donors (Lipinski definition) is 0. The first-order valence-electron chi connectivity index (χ1n) is 10.2. The van der Waals surface area contributed by atoms with Gasteiger partial charge in [0.2, 0.25) is 0 Å². The minimum absolute atomic E-state index is 0.159. The van der Waals surface area contributed by atoms with E-state index in [9.17, 15) is 13.6 Å². The van der Waals surface area contributed by atoms with Crippen molar-refractivity contribution in [3.8, 4) is 11.1 Å². The lowest BCUT2D eigenvalue weighted by Gasteiger charge is -2.31. The molecule has 9 heteroatoms. The Balaban J connectivity index is 1.56. The molecule has 162 valence electrons. The van der Waals surface area contributed by atoms with E-state index in [1.54, 1.807) is 19.3 Å². The van der Waals surface area contributed by atoms with Gasteiger partial charge in [0.25, 0.3) is 12.0 Å². The van der Waals surface area contributed by atoms with Crippen LogP contribution < -0.4 is 10.5 Å². The maximum atomic E-state index is 13.1.